The van der Waals surface area contributed by atoms with Gasteiger partial charge in [0.05, 0.1) is 23.3 Å². The molecule has 0 unspecified atom stereocenters. The van der Waals surface area contributed by atoms with Crippen LogP contribution in [0.3, 0.4) is 0 Å². The normalized spacial score (nSPS) is 16.4. The van der Waals surface area contributed by atoms with E-state index < -0.39 is 36.5 Å². The van der Waals surface area contributed by atoms with Crippen molar-refractivity contribution in [3.8, 4) is 0 Å². The molecule has 1 aliphatic rings. The third kappa shape index (κ3) is 5.02. The highest BCUT2D eigenvalue weighted by Crippen LogP contribution is 2.46. The number of anilines is 1. The van der Waals surface area contributed by atoms with Gasteiger partial charge in [0.1, 0.15) is 30.0 Å². The molecule has 1 atom stereocenters. The van der Waals surface area contributed by atoms with Gasteiger partial charge in [-0.15, -0.1) is 0 Å². The zero-order chi connectivity index (χ0) is 27.1. The summed E-state index contributed by atoms with van der Waals surface area (Å²) in [7, 11) is -2.90. The van der Waals surface area contributed by atoms with E-state index in [2.05, 4.69) is 20.3 Å². The van der Waals surface area contributed by atoms with Crippen molar-refractivity contribution in [2.24, 2.45) is 0 Å². The van der Waals surface area contributed by atoms with Gasteiger partial charge in [0.25, 0.3) is 0 Å². The number of nitrogens with zero attached hydrogens (tertiary/aromatic N) is 4. The Hall–Kier alpha value is -3.53. The van der Waals surface area contributed by atoms with Gasteiger partial charge in [0.15, 0.2) is 0 Å². The van der Waals surface area contributed by atoms with E-state index in [0.29, 0.717) is 35.3 Å². The van der Waals surface area contributed by atoms with Crippen molar-refractivity contribution >= 4 is 41.2 Å². The van der Waals surface area contributed by atoms with Crippen LogP contribution in [-0.2, 0) is 20.1 Å². The summed E-state index contributed by atoms with van der Waals surface area (Å²) in [6, 6.07) is 3.88. The van der Waals surface area contributed by atoms with Gasteiger partial charge in [0, 0.05) is 43.3 Å². The number of halogens is 3. The molecule has 0 bridgehead atoms. The number of carbonyl (C=O) groups excluding carboxylic acids is 1. The summed E-state index contributed by atoms with van der Waals surface area (Å²) in [5, 5.41) is 12.3. The van der Waals surface area contributed by atoms with Crippen LogP contribution in [-0.4, -0.2) is 62.2 Å². The first-order valence-corrected chi connectivity index (χ1v) is 13.6. The van der Waals surface area contributed by atoms with E-state index in [1.54, 1.807) is 17.9 Å². The molecule has 0 radical (unpaired) electrons. The number of alkyl halides is 2. The molecule has 1 amide bonds. The van der Waals surface area contributed by atoms with E-state index in [1.807, 2.05) is 0 Å². The van der Waals surface area contributed by atoms with Crippen LogP contribution in [0.25, 0.3) is 10.9 Å². The van der Waals surface area contributed by atoms with E-state index in [4.69, 9.17) is 5.11 Å². The zero-order valence-electron chi connectivity index (χ0n) is 20.3. The summed E-state index contributed by atoms with van der Waals surface area (Å²) in [6.07, 6.45) is 2.04. The molecule has 9 nitrogen and oxygen atoms in total. The molecule has 13 heteroatoms. The molecule has 1 saturated heterocycles. The SMILES string of the molecule is CC(=O)N1CCP(=O)(c2cc3c(N[C@H](C)c4cccc(C(F)(F)C(=O)O)c4F)nc(C)nc3cn2)CC1. The molecule has 0 saturated carbocycles. The first-order valence-electron chi connectivity index (χ1n) is 11.5. The van der Waals surface area contributed by atoms with Crippen molar-refractivity contribution < 1.29 is 32.4 Å². The van der Waals surface area contributed by atoms with Gasteiger partial charge in [-0.2, -0.15) is 8.78 Å². The van der Waals surface area contributed by atoms with Crippen LogP contribution in [0.15, 0.2) is 30.5 Å². The minimum atomic E-state index is -4.40. The number of nitrogens with one attached hydrogen (secondary N) is 1. The number of amides is 1. The number of rotatable bonds is 6. The average molecular weight is 535 g/mol. The second-order valence-corrected chi connectivity index (χ2v) is 12.1. The number of fused-ring (bicyclic) bond motifs is 1. The van der Waals surface area contributed by atoms with Gasteiger partial charge in [0.2, 0.25) is 5.91 Å². The van der Waals surface area contributed by atoms with Crippen LogP contribution in [0.5, 0.6) is 0 Å². The van der Waals surface area contributed by atoms with Crippen molar-refractivity contribution in [2.75, 3.05) is 30.7 Å². The van der Waals surface area contributed by atoms with E-state index in [1.165, 1.54) is 26.1 Å². The molecular formula is C24H25F3N5O4P. The number of hydrogen-bond acceptors (Lipinski definition) is 7. The van der Waals surface area contributed by atoms with Crippen LogP contribution in [0.1, 0.15) is 36.8 Å². The Morgan fingerprint density at radius 3 is 2.51 bits per heavy atom. The predicted molar refractivity (Wildman–Crippen MR) is 131 cm³/mol. The fourth-order valence-electron chi connectivity index (χ4n) is 4.33. The number of carbonyl (C=O) groups is 2. The van der Waals surface area contributed by atoms with Crippen molar-refractivity contribution in [1.82, 2.24) is 19.9 Å². The van der Waals surface area contributed by atoms with Gasteiger partial charge < -0.3 is 19.9 Å². The van der Waals surface area contributed by atoms with Crippen LogP contribution in [0.4, 0.5) is 19.0 Å². The maximum Gasteiger partial charge on any atom is 0.379 e. The summed E-state index contributed by atoms with van der Waals surface area (Å²) in [5.74, 6) is -7.66. The molecule has 1 aromatic carbocycles. The number of aliphatic carboxylic acids is 1. The van der Waals surface area contributed by atoms with E-state index >= 15 is 4.39 Å². The Kier molecular flexibility index (Phi) is 6.98. The lowest BCUT2D eigenvalue weighted by Crippen LogP contribution is -2.40. The summed E-state index contributed by atoms with van der Waals surface area (Å²) in [4.78, 5) is 37.4. The fourth-order valence-corrected chi connectivity index (χ4v) is 6.77. The lowest BCUT2D eigenvalue weighted by molar-refractivity contribution is -0.166. The van der Waals surface area contributed by atoms with E-state index in [9.17, 15) is 22.9 Å². The molecule has 3 heterocycles. The van der Waals surface area contributed by atoms with Gasteiger partial charge >= 0.3 is 11.9 Å². The molecule has 196 valence electrons. The lowest BCUT2D eigenvalue weighted by atomic mass is 10.00. The third-order valence-corrected chi connectivity index (χ3v) is 9.38. The highest BCUT2D eigenvalue weighted by Gasteiger charge is 2.44. The molecule has 1 fully saturated rings. The van der Waals surface area contributed by atoms with Gasteiger partial charge in [-0.3, -0.25) is 9.78 Å². The minimum absolute atomic E-state index is 0.0838. The number of pyridine rings is 1. The Bertz CT molecular complexity index is 1440. The number of aryl methyl sites for hydroxylation is 1. The quantitative estimate of drug-likeness (QED) is 0.458. The smallest absolute Gasteiger partial charge is 0.379 e. The first kappa shape index (κ1) is 26.5. The second kappa shape index (κ2) is 9.74. The van der Waals surface area contributed by atoms with E-state index in [0.717, 1.165) is 12.1 Å². The Morgan fingerprint density at radius 2 is 1.89 bits per heavy atom. The predicted octanol–water partition coefficient (Wildman–Crippen LogP) is 3.67. The maximum atomic E-state index is 15.0. The number of aromatic nitrogens is 3. The Labute approximate surface area is 210 Å². The molecule has 0 aliphatic carbocycles. The largest absolute Gasteiger partial charge is 0.477 e. The number of hydrogen-bond donors (Lipinski definition) is 2. The summed E-state index contributed by atoms with van der Waals surface area (Å²) < 4.78 is 56.8. The zero-order valence-corrected chi connectivity index (χ0v) is 21.2. The fraction of sp³-hybridized carbons (Fsp3) is 0.375. The Morgan fingerprint density at radius 1 is 1.22 bits per heavy atom. The Balaban J connectivity index is 1.70. The third-order valence-electron chi connectivity index (χ3n) is 6.46. The molecule has 2 N–H and O–H groups in total. The van der Waals surface area contributed by atoms with Crippen LogP contribution < -0.4 is 10.8 Å². The standard InChI is InChI=1S/C24H25F3N5O4P/c1-13(16-5-4-6-18(21(16)25)24(26,27)23(34)35)29-22-17-11-20(28-12-19(17)30-14(2)31-22)37(36)9-7-32(8-10-37)15(3)33/h4-6,11-13H,7-10H2,1-3H3,(H,34,35)(H,29,30,31)/t13-/m1/s1. The van der Waals surface area contributed by atoms with Crippen molar-refractivity contribution in [3.63, 3.8) is 0 Å². The highest BCUT2D eigenvalue weighted by molar-refractivity contribution is 7.71. The van der Waals surface area contributed by atoms with Gasteiger partial charge in [-0.1, -0.05) is 12.1 Å². The molecule has 3 aromatic rings. The van der Waals surface area contributed by atoms with Crippen LogP contribution >= 0.6 is 7.14 Å². The molecule has 4 rings (SSSR count). The second-order valence-electron chi connectivity index (χ2n) is 8.98. The highest BCUT2D eigenvalue weighted by atomic mass is 31.2. The number of benzene rings is 1. The summed E-state index contributed by atoms with van der Waals surface area (Å²) >= 11 is 0. The molecule has 0 spiro atoms. The monoisotopic (exact) mass is 535 g/mol. The van der Waals surface area contributed by atoms with Crippen LogP contribution in [0, 0.1) is 12.7 Å². The van der Waals surface area contributed by atoms with E-state index in [-0.39, 0.29) is 29.6 Å². The van der Waals surface area contributed by atoms with Crippen molar-refractivity contribution in [1.29, 1.82) is 0 Å². The van der Waals surface area contributed by atoms with Gasteiger partial charge in [-0.05, 0) is 26.0 Å². The van der Waals surface area contributed by atoms with Crippen LogP contribution in [0.2, 0.25) is 0 Å². The summed E-state index contributed by atoms with van der Waals surface area (Å²) in [6.45, 7) is 5.33. The lowest BCUT2D eigenvalue weighted by Gasteiger charge is -2.31. The molecular weight excluding hydrogens is 510 g/mol. The average Bonchev–Trinajstić information content (AvgIpc) is 2.83. The maximum absolute atomic E-state index is 15.0. The minimum Gasteiger partial charge on any atom is -0.477 e. The van der Waals surface area contributed by atoms with Crippen molar-refractivity contribution in [2.45, 2.75) is 32.7 Å². The van der Waals surface area contributed by atoms with Crippen molar-refractivity contribution in [3.05, 3.63) is 53.2 Å². The molecule has 37 heavy (non-hydrogen) atoms. The number of carboxylic acid groups (broad SMARTS) is 1. The summed E-state index contributed by atoms with van der Waals surface area (Å²) in [5.41, 5.74) is -0.620. The topological polar surface area (TPSA) is 125 Å². The molecule has 1 aliphatic heterocycles. The molecule has 2 aromatic heterocycles. The number of carboxylic acids is 1. The van der Waals surface area contributed by atoms with Gasteiger partial charge in [-0.25, -0.2) is 19.2 Å². The first-order chi connectivity index (χ1) is 17.3.